The fourth-order valence-electron chi connectivity index (χ4n) is 2.16. The zero-order valence-corrected chi connectivity index (χ0v) is 14.3. The number of benzene rings is 2. The first-order valence-corrected chi connectivity index (χ1v) is 8.16. The molecular formula is C18H12F3NO4S. The van der Waals surface area contributed by atoms with Gasteiger partial charge in [0.1, 0.15) is 5.75 Å². The number of carbonyl (C=O) groups is 2. The van der Waals surface area contributed by atoms with Gasteiger partial charge in [-0.05, 0) is 36.0 Å². The summed E-state index contributed by atoms with van der Waals surface area (Å²) in [6, 6.07) is 14.2. The zero-order valence-electron chi connectivity index (χ0n) is 13.5. The van der Waals surface area contributed by atoms with Gasteiger partial charge in [-0.15, -0.1) is 13.2 Å². The van der Waals surface area contributed by atoms with Crippen molar-refractivity contribution in [2.75, 3.05) is 0 Å². The van der Waals surface area contributed by atoms with Gasteiger partial charge in [0.05, 0.1) is 11.1 Å². The Labute approximate surface area is 155 Å². The Hall–Kier alpha value is -3.07. The second-order valence-corrected chi connectivity index (χ2v) is 5.88. The Morgan fingerprint density at radius 3 is 2.44 bits per heavy atom. The molecule has 0 radical (unpaired) electrons. The van der Waals surface area contributed by atoms with Gasteiger partial charge in [0.2, 0.25) is 5.12 Å². The van der Waals surface area contributed by atoms with E-state index in [2.05, 4.69) is 9.72 Å². The van der Waals surface area contributed by atoms with Crippen LogP contribution in [0.5, 0.6) is 5.75 Å². The molecule has 0 saturated heterocycles. The van der Waals surface area contributed by atoms with Crippen molar-refractivity contribution >= 4 is 34.3 Å². The fraction of sp³-hybridized carbons (Fsp3) is 0.0556. The maximum atomic E-state index is 12.5. The number of thioether (sulfide) groups is 1. The Bertz CT molecular complexity index is 942. The van der Waals surface area contributed by atoms with Crippen molar-refractivity contribution in [1.29, 1.82) is 0 Å². The second-order valence-electron chi connectivity index (χ2n) is 4.87. The minimum Gasteiger partial charge on any atom is -0.483 e. The number of rotatable bonds is 3. The van der Waals surface area contributed by atoms with Gasteiger partial charge >= 0.3 is 6.36 Å². The van der Waals surface area contributed by atoms with Crippen molar-refractivity contribution in [2.45, 2.75) is 11.3 Å². The summed E-state index contributed by atoms with van der Waals surface area (Å²) in [7, 11) is 0. The van der Waals surface area contributed by atoms with Crippen LogP contribution in [0, 0.1) is 0 Å². The van der Waals surface area contributed by atoms with Crippen molar-refractivity contribution in [1.82, 2.24) is 4.98 Å². The first kappa shape index (κ1) is 20.2. The maximum absolute atomic E-state index is 12.5. The highest BCUT2D eigenvalue weighted by Crippen LogP contribution is 2.33. The molecule has 0 aliphatic rings. The largest absolute Gasteiger partial charge is 0.573 e. The van der Waals surface area contributed by atoms with Gasteiger partial charge in [-0.3, -0.25) is 14.6 Å². The number of pyridine rings is 1. The molecule has 5 nitrogen and oxygen atoms in total. The number of carboxylic acid groups (broad SMARTS) is 1. The van der Waals surface area contributed by atoms with Gasteiger partial charge in [0, 0.05) is 16.5 Å². The number of fused-ring (bicyclic) bond motifs is 1. The van der Waals surface area contributed by atoms with Crippen LogP contribution in [0.4, 0.5) is 13.2 Å². The summed E-state index contributed by atoms with van der Waals surface area (Å²) in [6.45, 7) is -0.250. The third kappa shape index (κ3) is 5.71. The van der Waals surface area contributed by atoms with E-state index in [4.69, 9.17) is 9.90 Å². The van der Waals surface area contributed by atoms with Gasteiger partial charge in [-0.2, -0.15) is 0 Å². The number of carbonyl (C=O) groups excluding carboxylic acids is 1. The summed E-state index contributed by atoms with van der Waals surface area (Å²) in [6.07, 6.45) is -3.26. The summed E-state index contributed by atoms with van der Waals surface area (Å²) in [5.41, 5.74) is 0.473. The molecule has 27 heavy (non-hydrogen) atoms. The topological polar surface area (TPSA) is 76.5 Å². The van der Waals surface area contributed by atoms with Gasteiger partial charge in [0.15, 0.2) is 0 Å². The molecule has 1 aromatic heterocycles. The zero-order chi connectivity index (χ0) is 19.9. The number of halogens is 3. The fourth-order valence-corrected chi connectivity index (χ4v) is 3.05. The van der Waals surface area contributed by atoms with E-state index in [0.717, 1.165) is 23.2 Å². The second kappa shape index (κ2) is 9.04. The summed E-state index contributed by atoms with van der Waals surface area (Å²) < 4.78 is 41.3. The van der Waals surface area contributed by atoms with Crippen LogP contribution < -0.4 is 4.74 Å². The lowest BCUT2D eigenvalue weighted by atomic mass is 10.2. The van der Waals surface area contributed by atoms with E-state index in [9.17, 15) is 18.0 Å². The lowest BCUT2D eigenvalue weighted by Crippen LogP contribution is -2.18. The van der Waals surface area contributed by atoms with E-state index in [1.807, 2.05) is 12.1 Å². The Morgan fingerprint density at radius 1 is 1.07 bits per heavy atom. The molecule has 2 aromatic carbocycles. The molecule has 3 aromatic rings. The predicted octanol–water partition coefficient (Wildman–Crippen LogP) is 4.77. The SMILES string of the molecule is O=C(Sc1cccc2cccnc12)c1ccccc1OC(F)(F)F.O=CO. The van der Waals surface area contributed by atoms with Crippen molar-refractivity contribution in [3.8, 4) is 5.75 Å². The van der Waals surface area contributed by atoms with Crippen LogP contribution in [0.25, 0.3) is 10.9 Å². The monoisotopic (exact) mass is 395 g/mol. The minimum atomic E-state index is -4.86. The van der Waals surface area contributed by atoms with Gasteiger partial charge in [-0.25, -0.2) is 0 Å². The quantitative estimate of drug-likeness (QED) is 0.509. The molecule has 0 saturated carbocycles. The Kier molecular flexibility index (Phi) is 6.78. The smallest absolute Gasteiger partial charge is 0.483 e. The number of hydrogen-bond donors (Lipinski definition) is 1. The molecule has 0 aliphatic carbocycles. The molecule has 0 fully saturated rings. The van der Waals surface area contributed by atoms with Gasteiger partial charge in [-0.1, -0.05) is 30.3 Å². The van der Waals surface area contributed by atoms with E-state index < -0.39 is 17.2 Å². The third-order valence-corrected chi connectivity index (χ3v) is 4.09. The van der Waals surface area contributed by atoms with Crippen molar-refractivity contribution in [3.63, 3.8) is 0 Å². The molecular weight excluding hydrogens is 383 g/mol. The third-order valence-electron chi connectivity index (χ3n) is 3.13. The molecule has 9 heteroatoms. The molecule has 0 bridgehead atoms. The number of alkyl halides is 3. The molecule has 0 aliphatic heterocycles. The number of nitrogens with zero attached hydrogens (tertiary/aromatic N) is 1. The van der Waals surface area contributed by atoms with Crippen LogP contribution >= 0.6 is 11.8 Å². The van der Waals surface area contributed by atoms with Crippen molar-refractivity contribution < 1.29 is 32.6 Å². The standard InChI is InChI=1S/C17H10F3NO2S.CH2O2/c18-17(19,20)23-13-8-2-1-7-12(13)16(22)24-14-9-3-5-11-6-4-10-21-15(11)14;2-1-3/h1-10H;1H,(H,2,3). The average Bonchev–Trinajstić information content (AvgIpc) is 2.62. The molecule has 0 unspecified atom stereocenters. The summed E-state index contributed by atoms with van der Waals surface area (Å²) in [5.74, 6) is -0.518. The molecule has 0 amide bonds. The van der Waals surface area contributed by atoms with E-state index in [1.165, 1.54) is 18.2 Å². The minimum absolute atomic E-state index is 0.146. The molecule has 0 atom stereocenters. The normalized spacial score (nSPS) is 10.6. The molecule has 3 rings (SSSR count). The van der Waals surface area contributed by atoms with Crippen molar-refractivity contribution in [3.05, 3.63) is 66.4 Å². The lowest BCUT2D eigenvalue weighted by molar-refractivity contribution is -0.274. The lowest BCUT2D eigenvalue weighted by Gasteiger charge is -2.12. The van der Waals surface area contributed by atoms with Gasteiger partial charge in [0.25, 0.3) is 6.47 Å². The van der Waals surface area contributed by atoms with Crippen molar-refractivity contribution in [2.24, 2.45) is 0 Å². The highest BCUT2D eigenvalue weighted by atomic mass is 32.2. The molecule has 140 valence electrons. The maximum Gasteiger partial charge on any atom is 0.573 e. The van der Waals surface area contributed by atoms with Crippen LogP contribution in [-0.2, 0) is 4.79 Å². The number of hydrogen-bond acceptors (Lipinski definition) is 5. The summed E-state index contributed by atoms with van der Waals surface area (Å²) >= 11 is 0.818. The number of ether oxygens (including phenoxy) is 1. The Morgan fingerprint density at radius 2 is 1.74 bits per heavy atom. The van der Waals surface area contributed by atoms with Gasteiger partial charge < -0.3 is 9.84 Å². The van der Waals surface area contributed by atoms with Crippen LogP contribution in [0.2, 0.25) is 0 Å². The van der Waals surface area contributed by atoms with Crippen LogP contribution in [0.3, 0.4) is 0 Å². The highest BCUT2D eigenvalue weighted by Gasteiger charge is 2.33. The van der Waals surface area contributed by atoms with E-state index in [0.29, 0.717) is 10.4 Å². The molecule has 1 heterocycles. The van der Waals surface area contributed by atoms with Crippen LogP contribution in [-0.4, -0.2) is 28.0 Å². The number of aromatic nitrogens is 1. The van der Waals surface area contributed by atoms with E-state index in [-0.39, 0.29) is 12.0 Å². The number of para-hydroxylation sites is 2. The summed E-state index contributed by atoms with van der Waals surface area (Å²) in [5, 5.41) is 7.18. The van der Waals surface area contributed by atoms with E-state index >= 15 is 0 Å². The first-order valence-electron chi connectivity index (χ1n) is 7.34. The van der Waals surface area contributed by atoms with E-state index in [1.54, 1.807) is 24.4 Å². The van der Waals surface area contributed by atoms with Crippen LogP contribution in [0.1, 0.15) is 10.4 Å². The molecule has 0 spiro atoms. The summed E-state index contributed by atoms with van der Waals surface area (Å²) in [4.78, 5) is 25.6. The molecule has 1 N–H and O–H groups in total. The average molecular weight is 395 g/mol. The first-order chi connectivity index (χ1) is 12.9. The highest BCUT2D eigenvalue weighted by molar-refractivity contribution is 8.14. The predicted molar refractivity (Wildman–Crippen MR) is 93.7 cm³/mol. The Balaban J connectivity index is 0.000000817. The van der Waals surface area contributed by atoms with Crippen LogP contribution in [0.15, 0.2) is 65.7 Å².